The highest BCUT2D eigenvalue weighted by Crippen LogP contribution is 2.33. The lowest BCUT2D eigenvalue weighted by Gasteiger charge is -2.32. The van der Waals surface area contributed by atoms with Crippen molar-refractivity contribution in [1.29, 1.82) is 0 Å². The molecule has 1 aromatic carbocycles. The van der Waals surface area contributed by atoms with Gasteiger partial charge in [0.2, 0.25) is 0 Å². The molecule has 134 valence electrons. The SMILES string of the molecule is CN=C(NCCn1cccn1)N1CCc2cc(OC)c(OC)cc2C1. The maximum Gasteiger partial charge on any atom is 0.194 e. The number of nitrogens with zero attached hydrogens (tertiary/aromatic N) is 4. The van der Waals surface area contributed by atoms with E-state index in [1.54, 1.807) is 20.4 Å². The molecule has 1 aromatic heterocycles. The van der Waals surface area contributed by atoms with E-state index in [2.05, 4.69) is 32.4 Å². The highest BCUT2D eigenvalue weighted by Gasteiger charge is 2.21. The molecule has 0 radical (unpaired) electrons. The van der Waals surface area contributed by atoms with Crippen LogP contribution >= 0.6 is 0 Å². The molecule has 0 amide bonds. The van der Waals surface area contributed by atoms with Gasteiger partial charge < -0.3 is 19.7 Å². The van der Waals surface area contributed by atoms with Gasteiger partial charge in [-0.05, 0) is 35.7 Å². The lowest BCUT2D eigenvalue weighted by Crippen LogP contribution is -2.44. The first-order valence-electron chi connectivity index (χ1n) is 8.42. The second-order valence-electron chi connectivity index (χ2n) is 5.89. The van der Waals surface area contributed by atoms with Gasteiger partial charge in [0.05, 0.1) is 20.8 Å². The van der Waals surface area contributed by atoms with Crippen LogP contribution in [-0.2, 0) is 19.5 Å². The Labute approximate surface area is 148 Å². The van der Waals surface area contributed by atoms with Crippen molar-refractivity contribution in [3.8, 4) is 11.5 Å². The molecule has 7 heteroatoms. The molecular weight excluding hydrogens is 318 g/mol. The first-order valence-corrected chi connectivity index (χ1v) is 8.42. The predicted octanol–water partition coefficient (Wildman–Crippen LogP) is 1.53. The van der Waals surface area contributed by atoms with Crippen LogP contribution in [0.3, 0.4) is 0 Å². The summed E-state index contributed by atoms with van der Waals surface area (Å²) in [4.78, 5) is 6.69. The van der Waals surface area contributed by atoms with Crippen molar-refractivity contribution < 1.29 is 9.47 Å². The van der Waals surface area contributed by atoms with Crippen molar-refractivity contribution in [1.82, 2.24) is 20.0 Å². The summed E-state index contributed by atoms with van der Waals surface area (Å²) in [6.07, 6.45) is 4.70. The number of aliphatic imine (C=N–C) groups is 1. The highest BCUT2D eigenvalue weighted by molar-refractivity contribution is 5.80. The summed E-state index contributed by atoms with van der Waals surface area (Å²) < 4.78 is 12.7. The zero-order valence-corrected chi connectivity index (χ0v) is 15.0. The van der Waals surface area contributed by atoms with Gasteiger partial charge in [-0.3, -0.25) is 9.67 Å². The largest absolute Gasteiger partial charge is 0.493 e. The lowest BCUT2D eigenvalue weighted by molar-refractivity contribution is 0.345. The van der Waals surface area contributed by atoms with Gasteiger partial charge in [-0.25, -0.2) is 0 Å². The molecule has 0 atom stereocenters. The van der Waals surface area contributed by atoms with Gasteiger partial charge in [0.1, 0.15) is 0 Å². The third-order valence-corrected chi connectivity index (χ3v) is 4.41. The third-order valence-electron chi connectivity index (χ3n) is 4.41. The summed E-state index contributed by atoms with van der Waals surface area (Å²) in [5.41, 5.74) is 2.56. The lowest BCUT2D eigenvalue weighted by atomic mass is 9.99. The number of guanidine groups is 1. The number of hydrogen-bond acceptors (Lipinski definition) is 4. The Hall–Kier alpha value is -2.70. The van der Waals surface area contributed by atoms with Crippen LogP contribution in [0.4, 0.5) is 0 Å². The number of nitrogens with one attached hydrogen (secondary N) is 1. The average Bonchev–Trinajstić information content (AvgIpc) is 3.17. The van der Waals surface area contributed by atoms with Crippen LogP contribution in [-0.4, -0.2) is 55.0 Å². The Bertz CT molecular complexity index is 727. The molecule has 3 rings (SSSR count). The van der Waals surface area contributed by atoms with Crippen molar-refractivity contribution in [3.05, 3.63) is 41.7 Å². The van der Waals surface area contributed by atoms with E-state index < -0.39 is 0 Å². The van der Waals surface area contributed by atoms with Crippen LogP contribution in [0.2, 0.25) is 0 Å². The topological polar surface area (TPSA) is 63.9 Å². The molecule has 0 bridgehead atoms. The van der Waals surface area contributed by atoms with Crippen LogP contribution in [0.15, 0.2) is 35.6 Å². The quantitative estimate of drug-likeness (QED) is 0.659. The van der Waals surface area contributed by atoms with Gasteiger partial charge in [-0.1, -0.05) is 0 Å². The minimum Gasteiger partial charge on any atom is -0.493 e. The van der Waals surface area contributed by atoms with E-state index in [-0.39, 0.29) is 0 Å². The highest BCUT2D eigenvalue weighted by atomic mass is 16.5. The minimum absolute atomic E-state index is 0.768. The van der Waals surface area contributed by atoms with Crippen molar-refractivity contribution >= 4 is 5.96 Å². The normalized spacial score (nSPS) is 14.2. The molecule has 1 N–H and O–H groups in total. The number of benzene rings is 1. The number of fused-ring (bicyclic) bond motifs is 1. The minimum atomic E-state index is 0.768. The molecule has 7 nitrogen and oxygen atoms in total. The van der Waals surface area contributed by atoms with Crippen LogP contribution in [0, 0.1) is 0 Å². The van der Waals surface area contributed by atoms with Crippen molar-refractivity contribution in [2.24, 2.45) is 4.99 Å². The summed E-state index contributed by atoms with van der Waals surface area (Å²) in [6, 6.07) is 6.08. The van der Waals surface area contributed by atoms with Gasteiger partial charge in [0, 0.05) is 39.1 Å². The third kappa shape index (κ3) is 3.87. The van der Waals surface area contributed by atoms with Crippen molar-refractivity contribution in [2.45, 2.75) is 19.5 Å². The van der Waals surface area contributed by atoms with Crippen molar-refractivity contribution in [3.63, 3.8) is 0 Å². The van der Waals surface area contributed by atoms with E-state index in [1.807, 2.05) is 24.0 Å². The van der Waals surface area contributed by atoms with Crippen LogP contribution in [0.1, 0.15) is 11.1 Å². The molecule has 0 fully saturated rings. The van der Waals surface area contributed by atoms with Gasteiger partial charge in [-0.2, -0.15) is 5.10 Å². The first kappa shape index (κ1) is 17.1. The zero-order chi connectivity index (χ0) is 17.6. The second-order valence-corrected chi connectivity index (χ2v) is 5.89. The fourth-order valence-electron chi connectivity index (χ4n) is 3.11. The molecule has 0 unspecified atom stereocenters. The maximum absolute atomic E-state index is 5.43. The standard InChI is InChI=1S/C18H25N5O2/c1-19-18(20-7-10-23-8-4-6-21-23)22-9-5-14-11-16(24-2)17(25-3)12-15(14)13-22/h4,6,8,11-12H,5,7,9-10,13H2,1-3H3,(H,19,20). The Balaban J connectivity index is 1.65. The fraction of sp³-hybridized carbons (Fsp3) is 0.444. The van der Waals surface area contributed by atoms with Crippen LogP contribution < -0.4 is 14.8 Å². The monoisotopic (exact) mass is 343 g/mol. The zero-order valence-electron chi connectivity index (χ0n) is 15.0. The smallest absolute Gasteiger partial charge is 0.194 e. The Morgan fingerprint density at radius 2 is 2.00 bits per heavy atom. The van der Waals surface area contributed by atoms with E-state index in [9.17, 15) is 0 Å². The predicted molar refractivity (Wildman–Crippen MR) is 97.2 cm³/mol. The van der Waals surface area contributed by atoms with E-state index in [0.717, 1.165) is 50.1 Å². The molecule has 1 aliphatic heterocycles. The first-order chi connectivity index (χ1) is 12.2. The number of ether oxygens (including phenoxy) is 2. The fourth-order valence-corrected chi connectivity index (χ4v) is 3.11. The summed E-state index contributed by atoms with van der Waals surface area (Å²) in [7, 11) is 5.16. The molecule has 0 saturated carbocycles. The van der Waals surface area contributed by atoms with Gasteiger partial charge in [0.15, 0.2) is 17.5 Å². The van der Waals surface area contributed by atoms with Crippen molar-refractivity contribution in [2.75, 3.05) is 34.4 Å². The number of rotatable bonds is 5. The summed E-state index contributed by atoms with van der Waals surface area (Å²) in [5, 5.41) is 7.63. The number of hydrogen-bond donors (Lipinski definition) is 1. The van der Waals surface area contributed by atoms with E-state index >= 15 is 0 Å². The van der Waals surface area contributed by atoms with Gasteiger partial charge in [0.25, 0.3) is 0 Å². The molecule has 2 heterocycles. The van der Waals surface area contributed by atoms with Gasteiger partial charge in [-0.15, -0.1) is 0 Å². The molecule has 0 aliphatic carbocycles. The van der Waals surface area contributed by atoms with Crippen LogP contribution in [0.5, 0.6) is 11.5 Å². The summed E-state index contributed by atoms with van der Waals surface area (Å²) in [6.45, 7) is 3.31. The molecule has 25 heavy (non-hydrogen) atoms. The van der Waals surface area contributed by atoms with Crippen LogP contribution in [0.25, 0.3) is 0 Å². The molecule has 2 aromatic rings. The Morgan fingerprint density at radius 1 is 1.24 bits per heavy atom. The average molecular weight is 343 g/mol. The molecule has 0 saturated heterocycles. The number of methoxy groups -OCH3 is 2. The van der Waals surface area contributed by atoms with E-state index in [1.165, 1.54) is 11.1 Å². The molecule has 1 aliphatic rings. The Kier molecular flexibility index (Phi) is 5.42. The Morgan fingerprint density at radius 3 is 2.64 bits per heavy atom. The van der Waals surface area contributed by atoms with E-state index in [0.29, 0.717) is 0 Å². The maximum atomic E-state index is 5.43. The van der Waals surface area contributed by atoms with E-state index in [4.69, 9.17) is 9.47 Å². The van der Waals surface area contributed by atoms with Gasteiger partial charge >= 0.3 is 0 Å². The summed E-state index contributed by atoms with van der Waals surface area (Å²) >= 11 is 0. The number of aromatic nitrogens is 2. The molecule has 0 spiro atoms. The summed E-state index contributed by atoms with van der Waals surface area (Å²) in [5.74, 6) is 2.47. The molecular formula is C18H25N5O2. The second kappa shape index (κ2) is 7.92.